The van der Waals surface area contributed by atoms with E-state index in [4.69, 9.17) is 16.9 Å². The van der Waals surface area contributed by atoms with Gasteiger partial charge in [0.25, 0.3) is 0 Å². The van der Waals surface area contributed by atoms with Crippen molar-refractivity contribution in [1.82, 2.24) is 34.7 Å². The molecule has 0 unspecified atom stereocenters. The molecule has 4 aromatic rings. The minimum Gasteiger partial charge on any atom is -0.351 e. The number of nitriles is 1. The third kappa shape index (κ3) is 5.10. The van der Waals surface area contributed by atoms with Crippen LogP contribution in [0.3, 0.4) is 0 Å². The smallest absolute Gasteiger partial charge is 0.226 e. The van der Waals surface area contributed by atoms with E-state index in [2.05, 4.69) is 20.6 Å². The summed E-state index contributed by atoms with van der Waals surface area (Å²) in [7, 11) is 1.82. The minimum atomic E-state index is -0.693. The van der Waals surface area contributed by atoms with Gasteiger partial charge in [-0.2, -0.15) is 20.6 Å². The van der Waals surface area contributed by atoms with E-state index in [0.29, 0.717) is 23.5 Å². The average Bonchev–Trinajstić information content (AvgIpc) is 3.49. The Bertz CT molecular complexity index is 1330. The van der Waals surface area contributed by atoms with Crippen LogP contribution < -0.4 is 5.32 Å². The first-order valence-corrected chi connectivity index (χ1v) is 10.5. The first-order chi connectivity index (χ1) is 15.8. The number of nitrogens with zero attached hydrogens (tertiary/aromatic N) is 7. The molecule has 168 valence electrons. The zero-order valence-corrected chi connectivity index (χ0v) is 18.7. The zero-order valence-electron chi connectivity index (χ0n) is 17.9. The van der Waals surface area contributed by atoms with Gasteiger partial charge < -0.3 is 5.32 Å². The van der Waals surface area contributed by atoms with Crippen LogP contribution in [-0.4, -0.2) is 41.3 Å². The van der Waals surface area contributed by atoms with Gasteiger partial charge >= 0.3 is 0 Å². The van der Waals surface area contributed by atoms with Crippen molar-refractivity contribution in [3.05, 3.63) is 71.2 Å². The number of rotatable bonds is 7. The monoisotopic (exact) mass is 466 g/mol. The maximum atomic E-state index is 14.0. The van der Waals surface area contributed by atoms with Crippen LogP contribution in [0.25, 0.3) is 16.9 Å². The Kier molecular flexibility index (Phi) is 6.24. The van der Waals surface area contributed by atoms with Crippen LogP contribution in [-0.2, 0) is 24.8 Å². The van der Waals surface area contributed by atoms with Crippen LogP contribution in [0.1, 0.15) is 18.2 Å². The second kappa shape index (κ2) is 9.26. The van der Waals surface area contributed by atoms with Crippen molar-refractivity contribution >= 4 is 17.5 Å². The predicted octanol–water partition coefficient (Wildman–Crippen LogP) is 2.88. The molecule has 3 aromatic heterocycles. The molecule has 1 atom stereocenters. The summed E-state index contributed by atoms with van der Waals surface area (Å²) in [4.78, 5) is 12.4. The summed E-state index contributed by atoms with van der Waals surface area (Å²) in [6, 6.07) is 7.78. The highest BCUT2D eigenvalue weighted by atomic mass is 35.5. The number of carbonyl (C=O) groups excluding carboxylic acids is 1. The van der Waals surface area contributed by atoms with Gasteiger partial charge in [0.1, 0.15) is 23.1 Å². The highest BCUT2D eigenvalue weighted by Crippen LogP contribution is 2.26. The Balaban J connectivity index is 1.34. The van der Waals surface area contributed by atoms with Crippen LogP contribution in [0.2, 0.25) is 5.02 Å². The summed E-state index contributed by atoms with van der Waals surface area (Å²) in [5.41, 5.74) is 2.25. The van der Waals surface area contributed by atoms with Crippen LogP contribution >= 0.6 is 11.6 Å². The van der Waals surface area contributed by atoms with Crippen molar-refractivity contribution in [3.8, 4) is 23.0 Å². The number of halogens is 2. The maximum absolute atomic E-state index is 14.0. The summed E-state index contributed by atoms with van der Waals surface area (Å²) >= 11 is 5.98. The average molecular weight is 467 g/mol. The Labute approximate surface area is 194 Å². The minimum absolute atomic E-state index is 0.0358. The van der Waals surface area contributed by atoms with E-state index in [1.54, 1.807) is 50.8 Å². The lowest BCUT2D eigenvalue weighted by Gasteiger charge is -2.13. The number of benzene rings is 1. The van der Waals surface area contributed by atoms with Gasteiger partial charge in [-0.3, -0.25) is 14.2 Å². The third-order valence-electron chi connectivity index (χ3n) is 4.90. The van der Waals surface area contributed by atoms with E-state index in [-0.39, 0.29) is 29.0 Å². The van der Waals surface area contributed by atoms with Gasteiger partial charge in [0.2, 0.25) is 5.91 Å². The lowest BCUT2D eigenvalue weighted by atomic mass is 10.1. The van der Waals surface area contributed by atoms with Crippen molar-refractivity contribution < 1.29 is 9.18 Å². The van der Waals surface area contributed by atoms with Gasteiger partial charge in [0.05, 0.1) is 41.8 Å². The molecule has 0 radical (unpaired) electrons. The Morgan fingerprint density at radius 3 is 2.82 bits per heavy atom. The van der Waals surface area contributed by atoms with Crippen molar-refractivity contribution in [3.63, 3.8) is 0 Å². The lowest BCUT2D eigenvalue weighted by molar-refractivity contribution is -0.121. The van der Waals surface area contributed by atoms with Crippen LogP contribution in [0, 0.1) is 17.1 Å². The fraction of sp³-hybridized carbons (Fsp3) is 0.227. The predicted molar refractivity (Wildman–Crippen MR) is 119 cm³/mol. The normalized spacial score (nSPS) is 11.8. The topological polar surface area (TPSA) is 106 Å². The zero-order chi connectivity index (χ0) is 23.5. The van der Waals surface area contributed by atoms with Gasteiger partial charge in [-0.15, -0.1) is 0 Å². The van der Waals surface area contributed by atoms with E-state index in [0.717, 1.165) is 5.69 Å². The first-order valence-electron chi connectivity index (χ1n) is 10.1. The number of aryl methyl sites for hydroxylation is 1. The maximum Gasteiger partial charge on any atom is 0.226 e. The van der Waals surface area contributed by atoms with Crippen molar-refractivity contribution in [2.75, 3.05) is 0 Å². The van der Waals surface area contributed by atoms with E-state index in [1.165, 1.54) is 12.1 Å². The molecule has 0 aliphatic heterocycles. The Morgan fingerprint density at radius 1 is 1.30 bits per heavy atom. The second-order valence-corrected chi connectivity index (χ2v) is 8.03. The molecular formula is C22H20ClFN8O. The van der Waals surface area contributed by atoms with Crippen molar-refractivity contribution in [2.24, 2.45) is 7.05 Å². The number of aromatic nitrogens is 6. The quantitative estimate of drug-likeness (QED) is 0.450. The molecule has 1 aromatic carbocycles. The molecule has 0 saturated carbocycles. The number of amides is 1. The molecule has 3 heterocycles. The van der Waals surface area contributed by atoms with Crippen LogP contribution in [0.5, 0.6) is 0 Å². The summed E-state index contributed by atoms with van der Waals surface area (Å²) in [5, 5.41) is 24.9. The molecule has 11 heteroatoms. The van der Waals surface area contributed by atoms with Gasteiger partial charge in [0, 0.05) is 31.0 Å². The van der Waals surface area contributed by atoms with Crippen molar-refractivity contribution in [2.45, 2.75) is 25.9 Å². The van der Waals surface area contributed by atoms with E-state index in [9.17, 15) is 9.18 Å². The molecule has 1 amide bonds. The molecule has 0 bridgehead atoms. The van der Waals surface area contributed by atoms with Crippen molar-refractivity contribution in [1.29, 1.82) is 5.26 Å². The van der Waals surface area contributed by atoms with E-state index < -0.39 is 5.82 Å². The Hall–Kier alpha value is -3.97. The molecule has 0 fully saturated rings. The van der Waals surface area contributed by atoms with Crippen LogP contribution in [0.15, 0.2) is 49.1 Å². The van der Waals surface area contributed by atoms with E-state index >= 15 is 0 Å². The summed E-state index contributed by atoms with van der Waals surface area (Å²) in [6.45, 7) is 2.29. The van der Waals surface area contributed by atoms with Gasteiger partial charge in [-0.05, 0) is 31.2 Å². The number of nitrogens with one attached hydrogen (secondary N) is 1. The number of hydrogen-bond donors (Lipinski definition) is 1. The van der Waals surface area contributed by atoms with Gasteiger partial charge in [-0.1, -0.05) is 11.6 Å². The first kappa shape index (κ1) is 22.2. The third-order valence-corrected chi connectivity index (χ3v) is 5.20. The summed E-state index contributed by atoms with van der Waals surface area (Å²) in [6.07, 6.45) is 7.18. The molecule has 33 heavy (non-hydrogen) atoms. The standard InChI is InChI=1S/C22H20ClFN8O/c1-14(27-22(33)9-16-3-6-32(28-16)17-11-26-30(2)13-17)12-31-5-4-21(29-31)15-7-19(23)18(10-25)20(24)8-15/h3-8,11,13-14H,9,12H2,1-2H3,(H,27,33)/t14-/m0/s1. The number of hydrogen-bond acceptors (Lipinski definition) is 5. The number of carbonyl (C=O) groups is 1. The molecule has 1 N–H and O–H groups in total. The molecule has 0 aliphatic rings. The van der Waals surface area contributed by atoms with Gasteiger partial charge in [0.15, 0.2) is 0 Å². The SMILES string of the molecule is C[C@@H](Cn1ccc(-c2cc(F)c(C#N)c(Cl)c2)n1)NC(=O)Cc1ccn(-c2cnn(C)c2)n1. The van der Waals surface area contributed by atoms with Crippen LogP contribution in [0.4, 0.5) is 4.39 Å². The highest BCUT2D eigenvalue weighted by molar-refractivity contribution is 6.32. The fourth-order valence-electron chi connectivity index (χ4n) is 3.39. The molecular weight excluding hydrogens is 447 g/mol. The largest absolute Gasteiger partial charge is 0.351 e. The molecule has 0 aliphatic carbocycles. The molecule has 0 saturated heterocycles. The fourth-order valence-corrected chi connectivity index (χ4v) is 3.64. The molecule has 9 nitrogen and oxygen atoms in total. The lowest BCUT2D eigenvalue weighted by Crippen LogP contribution is -2.36. The molecule has 0 spiro atoms. The highest BCUT2D eigenvalue weighted by Gasteiger charge is 2.14. The summed E-state index contributed by atoms with van der Waals surface area (Å²) < 4.78 is 19.0. The summed E-state index contributed by atoms with van der Waals surface area (Å²) in [5.74, 6) is -0.853. The Morgan fingerprint density at radius 2 is 2.12 bits per heavy atom. The second-order valence-electron chi connectivity index (χ2n) is 7.62. The molecule has 4 rings (SSSR count). The van der Waals surface area contributed by atoms with E-state index in [1.807, 2.05) is 20.2 Å². The van der Waals surface area contributed by atoms with Gasteiger partial charge in [-0.25, -0.2) is 9.07 Å².